The predicted octanol–water partition coefficient (Wildman–Crippen LogP) is 6.40. The molecule has 1 aromatic carbocycles. The Morgan fingerprint density at radius 2 is 1.79 bits per heavy atom. The Kier molecular flexibility index (Phi) is 9.60. The van der Waals surface area contributed by atoms with Crippen LogP contribution in [0, 0.1) is 0 Å². The number of benzene rings is 1. The van der Waals surface area contributed by atoms with Gasteiger partial charge in [-0.05, 0) is 42.9 Å². The number of rotatable bonds is 11. The van der Waals surface area contributed by atoms with Crippen LogP contribution in [0.2, 0.25) is 0 Å². The fourth-order valence-electron chi connectivity index (χ4n) is 2.77. The van der Waals surface area contributed by atoms with Crippen molar-refractivity contribution in [3.63, 3.8) is 0 Å². The maximum atomic E-state index is 4.34. The summed E-state index contributed by atoms with van der Waals surface area (Å²) in [6, 6.07) is 8.83. The van der Waals surface area contributed by atoms with E-state index in [0.29, 0.717) is 0 Å². The Morgan fingerprint density at radius 3 is 2.33 bits per heavy atom. The maximum Gasteiger partial charge on any atom is 0.0366 e. The second kappa shape index (κ2) is 11.5. The lowest BCUT2D eigenvalue weighted by Crippen LogP contribution is -2.23. The zero-order valence-electron chi connectivity index (χ0n) is 15.7. The van der Waals surface area contributed by atoms with Gasteiger partial charge >= 0.3 is 0 Å². The molecule has 0 saturated heterocycles. The molecule has 0 amide bonds. The van der Waals surface area contributed by atoms with Crippen LogP contribution in [0.25, 0.3) is 5.70 Å². The topological polar surface area (TPSA) is 3.24 Å². The van der Waals surface area contributed by atoms with Gasteiger partial charge in [0.15, 0.2) is 0 Å². The van der Waals surface area contributed by atoms with Crippen LogP contribution in [0.4, 0.5) is 0 Å². The van der Waals surface area contributed by atoms with Crippen LogP contribution in [0.3, 0.4) is 0 Å². The molecule has 0 radical (unpaired) electrons. The van der Waals surface area contributed by atoms with Crippen LogP contribution in [-0.4, -0.2) is 18.0 Å². The molecular formula is C23H33N. The molecule has 130 valence electrons. The molecule has 0 bridgehead atoms. The molecule has 0 unspecified atom stereocenters. The van der Waals surface area contributed by atoms with E-state index in [9.17, 15) is 0 Å². The minimum absolute atomic E-state index is 0.928. The third kappa shape index (κ3) is 6.62. The fraction of sp³-hybridized carbons (Fsp3) is 0.391. The zero-order valence-corrected chi connectivity index (χ0v) is 15.7. The summed E-state index contributed by atoms with van der Waals surface area (Å²) in [5, 5.41) is 0. The summed E-state index contributed by atoms with van der Waals surface area (Å²) < 4.78 is 0. The average Bonchev–Trinajstić information content (AvgIpc) is 2.59. The number of allylic oxidation sites excluding steroid dienone is 5. The van der Waals surface area contributed by atoms with Crippen LogP contribution in [0.5, 0.6) is 0 Å². The Labute approximate surface area is 149 Å². The van der Waals surface area contributed by atoms with Gasteiger partial charge in [-0.25, -0.2) is 0 Å². The molecule has 0 N–H and O–H groups in total. The summed E-state index contributed by atoms with van der Waals surface area (Å²) in [5.74, 6) is 0. The van der Waals surface area contributed by atoms with Crippen LogP contribution in [0.15, 0.2) is 67.3 Å². The molecule has 0 atom stereocenters. The highest BCUT2D eigenvalue weighted by Crippen LogP contribution is 2.20. The molecule has 0 aliphatic carbocycles. The lowest BCUT2D eigenvalue weighted by molar-refractivity contribution is 0.388. The van der Waals surface area contributed by atoms with Crippen LogP contribution in [0.1, 0.15) is 51.2 Å². The molecule has 0 spiro atoms. The first-order chi connectivity index (χ1) is 11.7. The van der Waals surface area contributed by atoms with Crippen molar-refractivity contribution in [2.45, 2.75) is 46.5 Å². The van der Waals surface area contributed by atoms with E-state index in [1.807, 2.05) is 13.0 Å². The van der Waals surface area contributed by atoms with Gasteiger partial charge in [-0.3, -0.25) is 0 Å². The second-order valence-electron chi connectivity index (χ2n) is 6.14. The molecular weight excluding hydrogens is 290 g/mol. The Bertz CT molecular complexity index is 560. The van der Waals surface area contributed by atoms with E-state index in [4.69, 9.17) is 0 Å². The summed E-state index contributed by atoms with van der Waals surface area (Å²) in [6.07, 6.45) is 12.6. The first kappa shape index (κ1) is 20.0. The molecule has 0 saturated carbocycles. The quantitative estimate of drug-likeness (QED) is 0.426. The normalized spacial score (nSPS) is 11.7. The molecule has 1 nitrogen and oxygen atoms in total. The van der Waals surface area contributed by atoms with Crippen molar-refractivity contribution >= 4 is 5.70 Å². The van der Waals surface area contributed by atoms with Crippen LogP contribution < -0.4 is 0 Å². The zero-order chi connectivity index (χ0) is 17.8. The Balaban J connectivity index is 2.82. The molecule has 0 fully saturated rings. The summed E-state index contributed by atoms with van der Waals surface area (Å²) >= 11 is 0. The monoisotopic (exact) mass is 323 g/mol. The van der Waals surface area contributed by atoms with Crippen molar-refractivity contribution in [2.24, 2.45) is 0 Å². The van der Waals surface area contributed by atoms with Crippen molar-refractivity contribution in [1.82, 2.24) is 4.90 Å². The molecule has 1 heteroatoms. The van der Waals surface area contributed by atoms with Gasteiger partial charge in [-0.15, -0.1) is 0 Å². The highest BCUT2D eigenvalue weighted by atomic mass is 15.1. The Hall–Kier alpha value is -2.02. The largest absolute Gasteiger partial charge is 0.372 e. The van der Waals surface area contributed by atoms with Gasteiger partial charge in [0.05, 0.1) is 0 Å². The van der Waals surface area contributed by atoms with E-state index in [0.717, 1.165) is 31.6 Å². The molecule has 0 heterocycles. The summed E-state index contributed by atoms with van der Waals surface area (Å²) in [5.41, 5.74) is 4.96. The van der Waals surface area contributed by atoms with E-state index in [2.05, 4.69) is 74.4 Å². The van der Waals surface area contributed by atoms with Gasteiger partial charge < -0.3 is 4.90 Å². The van der Waals surface area contributed by atoms with E-state index >= 15 is 0 Å². The van der Waals surface area contributed by atoms with Crippen LogP contribution >= 0.6 is 0 Å². The van der Waals surface area contributed by atoms with Crippen molar-refractivity contribution in [2.75, 3.05) is 13.1 Å². The molecule has 0 aromatic heterocycles. The smallest absolute Gasteiger partial charge is 0.0366 e. The Morgan fingerprint density at radius 1 is 1.08 bits per heavy atom. The minimum atomic E-state index is 0.928. The van der Waals surface area contributed by atoms with Crippen molar-refractivity contribution in [3.8, 4) is 0 Å². The standard InChI is InChI=1S/C23H33N/c1-6-10-18-24(17-9-4)20(5)23-15-13-22(14-16-23)19-21(11-7-2)12-8-3/h7-8,11-16H,2,5-6,9-10,17-19H2,1,3-4H3/b12-8-,21-11+. The lowest BCUT2D eigenvalue weighted by atomic mass is 10.0. The first-order valence-corrected chi connectivity index (χ1v) is 9.13. The van der Waals surface area contributed by atoms with E-state index in [1.165, 1.54) is 29.5 Å². The van der Waals surface area contributed by atoms with E-state index in [1.54, 1.807) is 0 Å². The molecule has 0 aliphatic rings. The van der Waals surface area contributed by atoms with Gasteiger partial charge in [0.2, 0.25) is 0 Å². The van der Waals surface area contributed by atoms with E-state index < -0.39 is 0 Å². The third-order valence-electron chi connectivity index (χ3n) is 4.06. The first-order valence-electron chi connectivity index (χ1n) is 9.13. The SMILES string of the molecule is C=C/C=C(\C=C/C)Cc1ccc(C(=C)N(CCC)CCCC)cc1. The highest BCUT2D eigenvalue weighted by Gasteiger charge is 2.08. The maximum absolute atomic E-state index is 4.34. The lowest BCUT2D eigenvalue weighted by Gasteiger charge is -2.26. The second-order valence-corrected chi connectivity index (χ2v) is 6.14. The van der Waals surface area contributed by atoms with Crippen molar-refractivity contribution in [1.29, 1.82) is 0 Å². The summed E-state index contributed by atoms with van der Waals surface area (Å²) in [6.45, 7) is 16.8. The predicted molar refractivity (Wildman–Crippen MR) is 109 cm³/mol. The van der Waals surface area contributed by atoms with Gasteiger partial charge in [0.1, 0.15) is 0 Å². The fourth-order valence-corrected chi connectivity index (χ4v) is 2.77. The third-order valence-corrected chi connectivity index (χ3v) is 4.06. The number of hydrogen-bond acceptors (Lipinski definition) is 1. The molecule has 1 aromatic rings. The van der Waals surface area contributed by atoms with Gasteiger partial charge in [0, 0.05) is 18.8 Å². The molecule has 0 aliphatic heterocycles. The number of nitrogens with zero attached hydrogens (tertiary/aromatic N) is 1. The van der Waals surface area contributed by atoms with Gasteiger partial charge in [-0.1, -0.05) is 82.0 Å². The summed E-state index contributed by atoms with van der Waals surface area (Å²) in [7, 11) is 0. The van der Waals surface area contributed by atoms with Crippen LogP contribution in [-0.2, 0) is 6.42 Å². The van der Waals surface area contributed by atoms with E-state index in [-0.39, 0.29) is 0 Å². The van der Waals surface area contributed by atoms with Gasteiger partial charge in [-0.2, -0.15) is 0 Å². The minimum Gasteiger partial charge on any atom is -0.372 e. The highest BCUT2D eigenvalue weighted by molar-refractivity contribution is 5.62. The number of unbranched alkanes of at least 4 members (excludes halogenated alkanes) is 1. The van der Waals surface area contributed by atoms with Crippen molar-refractivity contribution < 1.29 is 0 Å². The molecule has 24 heavy (non-hydrogen) atoms. The molecule has 1 rings (SSSR count). The van der Waals surface area contributed by atoms with Gasteiger partial charge in [0.25, 0.3) is 0 Å². The average molecular weight is 324 g/mol. The number of hydrogen-bond donors (Lipinski definition) is 0. The summed E-state index contributed by atoms with van der Waals surface area (Å²) in [4.78, 5) is 2.42. The van der Waals surface area contributed by atoms with Crippen molar-refractivity contribution in [3.05, 3.63) is 78.4 Å².